The van der Waals surface area contributed by atoms with Crippen LogP contribution < -0.4 is 0 Å². The predicted octanol–water partition coefficient (Wildman–Crippen LogP) is 3.21. The van der Waals surface area contributed by atoms with E-state index in [4.69, 9.17) is 4.74 Å². The van der Waals surface area contributed by atoms with Crippen LogP contribution in [0.2, 0.25) is 0 Å². The first-order chi connectivity index (χ1) is 12.2. The minimum absolute atomic E-state index is 0.134. The van der Waals surface area contributed by atoms with Gasteiger partial charge in [-0.1, -0.05) is 6.92 Å². The van der Waals surface area contributed by atoms with E-state index in [1.165, 1.54) is 23.4 Å². The summed E-state index contributed by atoms with van der Waals surface area (Å²) in [6.45, 7) is 8.22. The molecule has 1 aromatic heterocycles. The summed E-state index contributed by atoms with van der Waals surface area (Å²) in [7, 11) is 0. The molecule has 25 heavy (non-hydrogen) atoms. The van der Waals surface area contributed by atoms with Gasteiger partial charge in [-0.2, -0.15) is 11.8 Å². The lowest BCUT2D eigenvalue weighted by molar-refractivity contribution is -0.0969. The van der Waals surface area contributed by atoms with E-state index >= 15 is 0 Å². The third kappa shape index (κ3) is 3.51. The Kier molecular flexibility index (Phi) is 5.41. The second-order valence-electron chi connectivity index (χ2n) is 7.29. The van der Waals surface area contributed by atoms with Crippen LogP contribution in [0, 0.1) is 0 Å². The molecule has 2 fully saturated rings. The summed E-state index contributed by atoms with van der Waals surface area (Å²) in [6.07, 6.45) is 4.29. The first kappa shape index (κ1) is 17.8. The van der Waals surface area contributed by atoms with Crippen molar-refractivity contribution in [3.63, 3.8) is 0 Å². The average Bonchev–Trinajstić information content (AvgIpc) is 3.10. The number of hydrogen-bond acceptors (Lipinski definition) is 5. The fraction of sp³-hybridized carbons (Fsp3) is 0.737. The fourth-order valence-corrected chi connectivity index (χ4v) is 6.41. The molecule has 0 N–H and O–H groups in total. The summed E-state index contributed by atoms with van der Waals surface area (Å²) in [4.78, 5) is 19.8. The molecule has 2 saturated heterocycles. The van der Waals surface area contributed by atoms with Crippen LogP contribution in [-0.2, 0) is 16.8 Å². The summed E-state index contributed by atoms with van der Waals surface area (Å²) in [5.74, 6) is 2.37. The van der Waals surface area contributed by atoms with Gasteiger partial charge in [0.1, 0.15) is 0 Å². The maximum absolute atomic E-state index is 12.9. The number of thiophene rings is 1. The normalized spacial score (nSPS) is 23.6. The third-order valence-electron chi connectivity index (χ3n) is 5.72. The lowest BCUT2D eigenvalue weighted by atomic mass is 9.82. The molecular weight excluding hydrogens is 352 g/mol. The van der Waals surface area contributed by atoms with E-state index in [0.29, 0.717) is 0 Å². The first-order valence-corrected chi connectivity index (χ1v) is 11.6. The van der Waals surface area contributed by atoms with Crippen LogP contribution in [0.3, 0.4) is 0 Å². The van der Waals surface area contributed by atoms with Crippen molar-refractivity contribution in [1.82, 2.24) is 9.80 Å². The number of hydrogen-bond donors (Lipinski definition) is 0. The van der Waals surface area contributed by atoms with Crippen molar-refractivity contribution < 1.29 is 9.53 Å². The Morgan fingerprint density at radius 3 is 2.72 bits per heavy atom. The van der Waals surface area contributed by atoms with Crippen LogP contribution in [0.5, 0.6) is 0 Å². The summed E-state index contributed by atoms with van der Waals surface area (Å²) < 4.78 is 6.35. The molecule has 4 nitrogen and oxygen atoms in total. The van der Waals surface area contributed by atoms with Crippen molar-refractivity contribution in [2.75, 3.05) is 50.8 Å². The van der Waals surface area contributed by atoms with Crippen LogP contribution in [0.1, 0.15) is 46.3 Å². The number of carbonyl (C=O) groups excluding carboxylic acids is 1. The van der Waals surface area contributed by atoms with Gasteiger partial charge >= 0.3 is 0 Å². The number of likely N-dealkylation sites (tertiary alicyclic amines) is 1. The Morgan fingerprint density at radius 2 is 2.00 bits per heavy atom. The van der Waals surface area contributed by atoms with Crippen LogP contribution >= 0.6 is 23.1 Å². The van der Waals surface area contributed by atoms with Gasteiger partial charge in [0, 0.05) is 49.0 Å². The Bertz CT molecular complexity index is 617. The van der Waals surface area contributed by atoms with Crippen LogP contribution in [-0.4, -0.2) is 66.5 Å². The Balaban J connectivity index is 1.54. The fourth-order valence-electron chi connectivity index (χ4n) is 4.31. The highest BCUT2D eigenvalue weighted by molar-refractivity contribution is 7.99. The number of fused-ring (bicyclic) bond motifs is 2. The van der Waals surface area contributed by atoms with E-state index < -0.39 is 0 Å². The lowest BCUT2D eigenvalue weighted by Gasteiger charge is -2.44. The Morgan fingerprint density at radius 1 is 1.24 bits per heavy atom. The van der Waals surface area contributed by atoms with Crippen molar-refractivity contribution in [1.29, 1.82) is 0 Å². The molecule has 4 rings (SSSR count). The maximum Gasteiger partial charge on any atom is 0.263 e. The summed E-state index contributed by atoms with van der Waals surface area (Å²) in [6, 6.07) is 2.18. The molecule has 4 heterocycles. The van der Waals surface area contributed by atoms with Crippen molar-refractivity contribution in [3.8, 4) is 0 Å². The molecular formula is C19H28N2O2S2. The van der Waals surface area contributed by atoms with Gasteiger partial charge in [0.15, 0.2) is 0 Å². The molecule has 0 unspecified atom stereocenters. The molecule has 1 spiro atoms. The molecule has 138 valence electrons. The Labute approximate surface area is 158 Å². The van der Waals surface area contributed by atoms with E-state index in [-0.39, 0.29) is 11.5 Å². The number of amides is 1. The zero-order chi connectivity index (χ0) is 17.3. The largest absolute Gasteiger partial charge is 0.370 e. The van der Waals surface area contributed by atoms with E-state index in [1.807, 2.05) is 16.7 Å². The smallest absolute Gasteiger partial charge is 0.263 e. The molecule has 0 bridgehead atoms. The molecule has 1 aromatic rings. The molecule has 0 radical (unpaired) electrons. The monoisotopic (exact) mass is 380 g/mol. The molecule has 6 heteroatoms. The van der Waals surface area contributed by atoms with Crippen LogP contribution in [0.15, 0.2) is 6.07 Å². The van der Waals surface area contributed by atoms with Crippen molar-refractivity contribution >= 4 is 29.0 Å². The lowest BCUT2D eigenvalue weighted by Crippen LogP contribution is -2.46. The molecule has 1 amide bonds. The molecule has 0 aromatic carbocycles. The van der Waals surface area contributed by atoms with Gasteiger partial charge in [0.25, 0.3) is 5.91 Å². The minimum Gasteiger partial charge on any atom is -0.370 e. The second kappa shape index (κ2) is 7.59. The van der Waals surface area contributed by atoms with Gasteiger partial charge in [-0.3, -0.25) is 4.79 Å². The zero-order valence-corrected chi connectivity index (χ0v) is 16.7. The highest BCUT2D eigenvalue weighted by atomic mass is 32.2. The number of ether oxygens (including phenoxy) is 1. The molecule has 0 saturated carbocycles. The van der Waals surface area contributed by atoms with Gasteiger partial charge in [-0.25, -0.2) is 0 Å². The van der Waals surface area contributed by atoms with E-state index in [2.05, 4.69) is 17.9 Å². The van der Waals surface area contributed by atoms with Gasteiger partial charge in [-0.15, -0.1) is 11.3 Å². The highest BCUT2D eigenvalue weighted by Crippen LogP contribution is 2.44. The quantitative estimate of drug-likeness (QED) is 0.806. The van der Waals surface area contributed by atoms with Gasteiger partial charge in [0.2, 0.25) is 0 Å². The number of carbonyl (C=O) groups is 1. The minimum atomic E-state index is -0.134. The maximum atomic E-state index is 12.9. The molecule has 3 aliphatic rings. The van der Waals surface area contributed by atoms with Gasteiger partial charge < -0.3 is 14.5 Å². The zero-order valence-electron chi connectivity index (χ0n) is 15.1. The predicted molar refractivity (Wildman–Crippen MR) is 105 cm³/mol. The summed E-state index contributed by atoms with van der Waals surface area (Å²) >= 11 is 3.67. The van der Waals surface area contributed by atoms with Crippen molar-refractivity contribution in [3.05, 3.63) is 21.4 Å². The van der Waals surface area contributed by atoms with Crippen LogP contribution in [0.25, 0.3) is 0 Å². The van der Waals surface area contributed by atoms with Crippen LogP contribution in [0.4, 0.5) is 0 Å². The third-order valence-corrected chi connectivity index (χ3v) is 7.85. The number of thioether (sulfide) groups is 1. The standard InChI is InChI=1S/C19H28N2O2S2/c1-2-6-20-7-4-19(5-8-20)15-14-17(25-16(15)3-11-23-19)18(22)21-9-12-24-13-10-21/h14H,2-13H2,1H3. The summed E-state index contributed by atoms with van der Waals surface area (Å²) in [5.41, 5.74) is 1.19. The number of nitrogens with zero attached hydrogens (tertiary/aromatic N) is 2. The summed E-state index contributed by atoms with van der Waals surface area (Å²) in [5, 5.41) is 0. The van der Waals surface area contributed by atoms with E-state index in [1.54, 1.807) is 11.3 Å². The van der Waals surface area contributed by atoms with Gasteiger partial charge in [0.05, 0.1) is 17.1 Å². The highest BCUT2D eigenvalue weighted by Gasteiger charge is 2.42. The van der Waals surface area contributed by atoms with Crippen molar-refractivity contribution in [2.24, 2.45) is 0 Å². The first-order valence-electron chi connectivity index (χ1n) is 9.58. The van der Waals surface area contributed by atoms with E-state index in [9.17, 15) is 4.79 Å². The topological polar surface area (TPSA) is 32.8 Å². The molecule has 3 aliphatic heterocycles. The second-order valence-corrected chi connectivity index (χ2v) is 9.65. The number of piperidine rings is 1. The number of rotatable bonds is 3. The van der Waals surface area contributed by atoms with Gasteiger partial charge in [-0.05, 0) is 37.4 Å². The van der Waals surface area contributed by atoms with Crippen molar-refractivity contribution in [2.45, 2.75) is 38.2 Å². The molecule has 0 aliphatic carbocycles. The molecule has 0 atom stereocenters. The average molecular weight is 381 g/mol. The Hall–Kier alpha value is -0.560. The SMILES string of the molecule is CCCN1CCC2(CC1)OCCc1sc(C(=O)N3CCSCC3)cc12. The van der Waals surface area contributed by atoms with E-state index in [0.717, 1.165) is 68.4 Å².